The molecule has 114 valence electrons. The van der Waals surface area contributed by atoms with Crippen molar-refractivity contribution in [2.45, 2.75) is 25.7 Å². The molecule has 1 aromatic carbocycles. The normalized spacial score (nSPS) is 13.6. The number of amides is 2. The SMILES string of the molecule is O=C(CCc1cnn(-c2ccccc2)c1)NNC(=O)C1CC1. The van der Waals surface area contributed by atoms with E-state index in [4.69, 9.17) is 0 Å². The lowest BCUT2D eigenvalue weighted by Gasteiger charge is -2.05. The van der Waals surface area contributed by atoms with Crippen LogP contribution in [0.5, 0.6) is 0 Å². The van der Waals surface area contributed by atoms with Gasteiger partial charge in [-0.1, -0.05) is 18.2 Å². The molecule has 2 aromatic rings. The van der Waals surface area contributed by atoms with E-state index in [0.29, 0.717) is 12.8 Å². The Morgan fingerprint density at radius 2 is 1.95 bits per heavy atom. The summed E-state index contributed by atoms with van der Waals surface area (Å²) >= 11 is 0. The predicted molar refractivity (Wildman–Crippen MR) is 80.9 cm³/mol. The van der Waals surface area contributed by atoms with Crippen molar-refractivity contribution in [2.75, 3.05) is 0 Å². The molecule has 1 aliphatic rings. The standard InChI is InChI=1S/C16H18N4O2/c21-15(18-19-16(22)13-7-8-13)9-6-12-10-17-20(11-12)14-4-2-1-3-5-14/h1-5,10-11,13H,6-9H2,(H,18,21)(H,19,22). The molecule has 3 rings (SSSR count). The van der Waals surface area contributed by atoms with Crippen LogP contribution in [0.3, 0.4) is 0 Å². The molecule has 0 atom stereocenters. The Morgan fingerprint density at radius 1 is 1.18 bits per heavy atom. The zero-order chi connectivity index (χ0) is 15.4. The van der Waals surface area contributed by atoms with E-state index in [-0.39, 0.29) is 17.7 Å². The Labute approximate surface area is 128 Å². The van der Waals surface area contributed by atoms with Gasteiger partial charge in [0.15, 0.2) is 0 Å². The number of nitrogens with zero attached hydrogens (tertiary/aromatic N) is 2. The summed E-state index contributed by atoms with van der Waals surface area (Å²) in [5.41, 5.74) is 6.86. The minimum atomic E-state index is -0.193. The van der Waals surface area contributed by atoms with Gasteiger partial charge in [-0.15, -0.1) is 0 Å². The topological polar surface area (TPSA) is 76.0 Å². The maximum Gasteiger partial charge on any atom is 0.241 e. The van der Waals surface area contributed by atoms with Crippen LogP contribution in [0.2, 0.25) is 0 Å². The number of benzene rings is 1. The van der Waals surface area contributed by atoms with Crippen molar-refractivity contribution in [3.63, 3.8) is 0 Å². The number of aryl methyl sites for hydroxylation is 1. The fourth-order valence-electron chi connectivity index (χ4n) is 2.11. The van der Waals surface area contributed by atoms with E-state index in [1.165, 1.54) is 0 Å². The van der Waals surface area contributed by atoms with E-state index >= 15 is 0 Å². The molecule has 1 heterocycles. The summed E-state index contributed by atoms with van der Waals surface area (Å²) in [6, 6.07) is 9.79. The van der Waals surface area contributed by atoms with Crippen LogP contribution in [0, 0.1) is 5.92 Å². The zero-order valence-corrected chi connectivity index (χ0v) is 12.2. The summed E-state index contributed by atoms with van der Waals surface area (Å²) in [6.07, 6.45) is 6.39. The predicted octanol–water partition coefficient (Wildman–Crippen LogP) is 1.36. The van der Waals surface area contributed by atoms with Crippen molar-refractivity contribution < 1.29 is 9.59 Å². The quantitative estimate of drug-likeness (QED) is 0.818. The number of nitrogens with one attached hydrogen (secondary N) is 2. The number of hydrogen-bond donors (Lipinski definition) is 2. The van der Waals surface area contributed by atoms with E-state index in [0.717, 1.165) is 24.1 Å². The van der Waals surface area contributed by atoms with Crippen LogP contribution in [-0.2, 0) is 16.0 Å². The Hall–Kier alpha value is -2.63. The largest absolute Gasteiger partial charge is 0.273 e. The van der Waals surface area contributed by atoms with Crippen LogP contribution in [0.1, 0.15) is 24.8 Å². The summed E-state index contributed by atoms with van der Waals surface area (Å²) in [6.45, 7) is 0. The highest BCUT2D eigenvalue weighted by Gasteiger charge is 2.29. The molecule has 2 N–H and O–H groups in total. The number of hydrogen-bond acceptors (Lipinski definition) is 3. The zero-order valence-electron chi connectivity index (χ0n) is 12.2. The minimum absolute atomic E-state index is 0.0874. The second-order valence-corrected chi connectivity index (χ2v) is 5.44. The molecule has 6 heteroatoms. The molecule has 1 aliphatic carbocycles. The average molecular weight is 298 g/mol. The number of para-hydroxylation sites is 1. The van der Waals surface area contributed by atoms with Crippen LogP contribution >= 0.6 is 0 Å². The summed E-state index contributed by atoms with van der Waals surface area (Å²) in [4.78, 5) is 23.1. The van der Waals surface area contributed by atoms with Gasteiger partial charge in [0.1, 0.15) is 0 Å². The Bertz CT molecular complexity index is 662. The monoisotopic (exact) mass is 298 g/mol. The molecule has 0 radical (unpaired) electrons. The number of hydrazine groups is 1. The highest BCUT2D eigenvalue weighted by atomic mass is 16.2. The Balaban J connectivity index is 1.46. The van der Waals surface area contributed by atoms with Gasteiger partial charge in [0.25, 0.3) is 0 Å². The number of carbonyl (C=O) groups is 2. The van der Waals surface area contributed by atoms with Crippen molar-refractivity contribution in [3.05, 3.63) is 48.3 Å². The van der Waals surface area contributed by atoms with Crippen LogP contribution in [0.15, 0.2) is 42.7 Å². The smallest absolute Gasteiger partial charge is 0.241 e. The van der Waals surface area contributed by atoms with Crippen molar-refractivity contribution in [1.29, 1.82) is 0 Å². The van der Waals surface area contributed by atoms with Gasteiger partial charge in [0.2, 0.25) is 11.8 Å². The molecule has 0 bridgehead atoms. The number of rotatable bonds is 5. The second-order valence-electron chi connectivity index (χ2n) is 5.44. The third kappa shape index (κ3) is 3.72. The summed E-state index contributed by atoms with van der Waals surface area (Å²) < 4.78 is 1.78. The highest BCUT2D eigenvalue weighted by Crippen LogP contribution is 2.28. The molecule has 1 saturated carbocycles. The first-order valence-electron chi connectivity index (χ1n) is 7.40. The fourth-order valence-corrected chi connectivity index (χ4v) is 2.11. The molecule has 1 aromatic heterocycles. The van der Waals surface area contributed by atoms with Gasteiger partial charge in [-0.3, -0.25) is 20.4 Å². The lowest BCUT2D eigenvalue weighted by molar-refractivity contribution is -0.129. The van der Waals surface area contributed by atoms with Crippen LogP contribution in [0.25, 0.3) is 5.69 Å². The molecule has 0 spiro atoms. The van der Waals surface area contributed by atoms with E-state index in [1.807, 2.05) is 36.5 Å². The second kappa shape index (κ2) is 6.43. The molecule has 6 nitrogen and oxygen atoms in total. The molecule has 0 saturated heterocycles. The minimum Gasteiger partial charge on any atom is -0.273 e. The van der Waals surface area contributed by atoms with E-state index in [9.17, 15) is 9.59 Å². The van der Waals surface area contributed by atoms with Gasteiger partial charge in [0.05, 0.1) is 11.9 Å². The Morgan fingerprint density at radius 3 is 2.68 bits per heavy atom. The third-order valence-corrected chi connectivity index (χ3v) is 3.57. The van der Waals surface area contributed by atoms with E-state index in [2.05, 4.69) is 16.0 Å². The first-order chi connectivity index (χ1) is 10.7. The number of carbonyl (C=O) groups excluding carboxylic acids is 2. The summed E-state index contributed by atoms with van der Waals surface area (Å²) in [7, 11) is 0. The van der Waals surface area contributed by atoms with Crippen molar-refractivity contribution in [3.8, 4) is 5.69 Å². The van der Waals surface area contributed by atoms with Gasteiger partial charge in [-0.2, -0.15) is 5.10 Å². The molecule has 0 aliphatic heterocycles. The van der Waals surface area contributed by atoms with Gasteiger partial charge < -0.3 is 0 Å². The van der Waals surface area contributed by atoms with Gasteiger partial charge >= 0.3 is 0 Å². The molecular formula is C16H18N4O2. The maximum atomic E-state index is 11.7. The van der Waals surface area contributed by atoms with Crippen LogP contribution in [-0.4, -0.2) is 21.6 Å². The molecule has 0 unspecified atom stereocenters. The van der Waals surface area contributed by atoms with Crippen molar-refractivity contribution >= 4 is 11.8 Å². The third-order valence-electron chi connectivity index (χ3n) is 3.57. The number of aromatic nitrogens is 2. The lowest BCUT2D eigenvalue weighted by Crippen LogP contribution is -2.42. The van der Waals surface area contributed by atoms with Gasteiger partial charge in [-0.05, 0) is 37.0 Å². The van der Waals surface area contributed by atoms with E-state index in [1.54, 1.807) is 10.9 Å². The molecule has 1 fully saturated rings. The summed E-state index contributed by atoms with van der Waals surface area (Å²) in [5, 5.41) is 4.29. The lowest BCUT2D eigenvalue weighted by atomic mass is 10.2. The first kappa shape index (κ1) is 14.3. The van der Waals surface area contributed by atoms with Crippen molar-refractivity contribution in [2.24, 2.45) is 5.92 Å². The summed E-state index contributed by atoms with van der Waals surface area (Å²) in [5.74, 6) is -0.198. The molecule has 2 amide bonds. The first-order valence-corrected chi connectivity index (χ1v) is 7.40. The maximum absolute atomic E-state index is 11.7. The molecular weight excluding hydrogens is 280 g/mol. The highest BCUT2D eigenvalue weighted by molar-refractivity contribution is 5.84. The van der Waals surface area contributed by atoms with Gasteiger partial charge in [0, 0.05) is 18.5 Å². The molecule has 22 heavy (non-hydrogen) atoms. The fraction of sp³-hybridized carbons (Fsp3) is 0.312. The Kier molecular flexibility index (Phi) is 4.18. The van der Waals surface area contributed by atoms with Crippen LogP contribution in [0.4, 0.5) is 0 Å². The van der Waals surface area contributed by atoms with E-state index < -0.39 is 0 Å². The van der Waals surface area contributed by atoms with Crippen LogP contribution < -0.4 is 10.9 Å². The van der Waals surface area contributed by atoms with Crippen molar-refractivity contribution in [1.82, 2.24) is 20.6 Å². The average Bonchev–Trinajstić information content (AvgIpc) is 3.30. The van der Waals surface area contributed by atoms with Gasteiger partial charge in [-0.25, -0.2) is 4.68 Å².